The summed E-state index contributed by atoms with van der Waals surface area (Å²) >= 11 is 5.93. The predicted molar refractivity (Wildman–Crippen MR) is 83.8 cm³/mol. The van der Waals surface area contributed by atoms with Gasteiger partial charge in [0.2, 0.25) is 10.0 Å². The van der Waals surface area contributed by atoms with Crippen LogP contribution in [0.4, 0.5) is 5.69 Å². The molecule has 2 saturated heterocycles. The van der Waals surface area contributed by atoms with Gasteiger partial charge >= 0.3 is 0 Å². The van der Waals surface area contributed by atoms with Crippen LogP contribution in [0.1, 0.15) is 19.3 Å². The standard InChI is InChI=1S/C14H20ClN3O2S/c15-11-4-5-13(16)14(9-11)21(19,20)18-8-7-17-6-2-1-3-12(17)10-18/h4-5,9,12H,1-3,6-8,10,16H2. The molecule has 0 spiro atoms. The third kappa shape index (κ3) is 2.90. The average molecular weight is 330 g/mol. The van der Waals surface area contributed by atoms with Crippen LogP contribution in [0.2, 0.25) is 5.02 Å². The van der Waals surface area contributed by atoms with Gasteiger partial charge in [-0.15, -0.1) is 0 Å². The predicted octanol–water partition coefficient (Wildman–Crippen LogP) is 1.78. The van der Waals surface area contributed by atoms with Crippen LogP contribution in [0, 0.1) is 0 Å². The van der Waals surface area contributed by atoms with E-state index >= 15 is 0 Å². The summed E-state index contributed by atoms with van der Waals surface area (Å²) in [5.41, 5.74) is 6.09. The topological polar surface area (TPSA) is 66.6 Å². The van der Waals surface area contributed by atoms with Gasteiger partial charge in [0.15, 0.2) is 0 Å². The maximum atomic E-state index is 12.8. The minimum atomic E-state index is -3.57. The van der Waals surface area contributed by atoms with Gasteiger partial charge in [-0.3, -0.25) is 4.90 Å². The highest BCUT2D eigenvalue weighted by Gasteiger charge is 2.35. The molecule has 3 rings (SSSR count). The van der Waals surface area contributed by atoms with Gasteiger partial charge in [0.05, 0.1) is 5.69 Å². The molecule has 1 atom stereocenters. The molecule has 7 heteroatoms. The fourth-order valence-corrected chi connectivity index (χ4v) is 5.06. The number of fused-ring (bicyclic) bond motifs is 1. The van der Waals surface area contributed by atoms with Gasteiger partial charge in [0.25, 0.3) is 0 Å². The highest BCUT2D eigenvalue weighted by Crippen LogP contribution is 2.29. The Morgan fingerprint density at radius 3 is 2.81 bits per heavy atom. The van der Waals surface area contributed by atoms with Crippen LogP contribution in [0.5, 0.6) is 0 Å². The first-order valence-electron chi connectivity index (χ1n) is 7.28. The SMILES string of the molecule is Nc1ccc(Cl)cc1S(=O)(=O)N1CCN2CCCCC2C1. The van der Waals surface area contributed by atoms with Crippen molar-refractivity contribution in [3.63, 3.8) is 0 Å². The Bertz CT molecular complexity index is 635. The first-order chi connectivity index (χ1) is 9.98. The van der Waals surface area contributed by atoms with E-state index in [1.165, 1.54) is 18.9 Å². The van der Waals surface area contributed by atoms with Crippen LogP contribution in [-0.2, 0) is 10.0 Å². The van der Waals surface area contributed by atoms with Gasteiger partial charge in [0.1, 0.15) is 4.90 Å². The van der Waals surface area contributed by atoms with Gasteiger partial charge in [-0.05, 0) is 37.6 Å². The van der Waals surface area contributed by atoms with Gasteiger partial charge in [-0.2, -0.15) is 4.31 Å². The Balaban J connectivity index is 1.86. The molecule has 0 bridgehead atoms. The van der Waals surface area contributed by atoms with Gasteiger partial charge in [-0.25, -0.2) is 8.42 Å². The number of piperazine rings is 1. The Labute approximate surface area is 130 Å². The number of sulfonamides is 1. The lowest BCUT2D eigenvalue weighted by molar-refractivity contribution is 0.0852. The Kier molecular flexibility index (Phi) is 4.14. The second kappa shape index (κ2) is 5.76. The minimum absolute atomic E-state index is 0.124. The lowest BCUT2D eigenvalue weighted by atomic mass is 10.0. The van der Waals surface area contributed by atoms with Crippen molar-refractivity contribution in [1.82, 2.24) is 9.21 Å². The number of anilines is 1. The molecule has 21 heavy (non-hydrogen) atoms. The zero-order valence-electron chi connectivity index (χ0n) is 11.8. The van der Waals surface area contributed by atoms with Crippen molar-refractivity contribution in [1.29, 1.82) is 0 Å². The van der Waals surface area contributed by atoms with Crippen LogP contribution >= 0.6 is 11.6 Å². The van der Waals surface area contributed by atoms with Gasteiger partial charge < -0.3 is 5.73 Å². The summed E-state index contributed by atoms with van der Waals surface area (Å²) in [4.78, 5) is 2.52. The van der Waals surface area contributed by atoms with Crippen molar-refractivity contribution in [2.75, 3.05) is 31.9 Å². The fraction of sp³-hybridized carbons (Fsp3) is 0.571. The van der Waals surface area contributed by atoms with Crippen LogP contribution in [0.15, 0.2) is 23.1 Å². The number of hydrogen-bond donors (Lipinski definition) is 1. The van der Waals surface area contributed by atoms with E-state index in [1.54, 1.807) is 16.4 Å². The molecular formula is C14H20ClN3O2S. The molecule has 2 fully saturated rings. The van der Waals surface area contributed by atoms with E-state index in [0.717, 1.165) is 19.5 Å². The molecule has 0 radical (unpaired) electrons. The summed E-state index contributed by atoms with van der Waals surface area (Å²) in [5, 5.41) is 0.388. The van der Waals surface area contributed by atoms with E-state index in [9.17, 15) is 8.42 Å². The molecule has 116 valence electrons. The molecule has 2 N–H and O–H groups in total. The summed E-state index contributed by atoms with van der Waals surface area (Å²) < 4.78 is 27.2. The maximum absolute atomic E-state index is 12.8. The molecule has 1 unspecified atom stereocenters. The molecule has 2 aliphatic heterocycles. The van der Waals surface area contributed by atoms with Crippen molar-refractivity contribution in [3.8, 4) is 0 Å². The summed E-state index contributed by atoms with van der Waals surface area (Å²) in [6, 6.07) is 4.93. The Hall–Kier alpha value is -0.820. The van der Waals surface area contributed by atoms with E-state index in [0.29, 0.717) is 24.2 Å². The smallest absolute Gasteiger partial charge is 0.245 e. The fourth-order valence-electron chi connectivity index (χ4n) is 3.22. The lowest BCUT2D eigenvalue weighted by Crippen LogP contribution is -2.56. The molecule has 0 amide bonds. The van der Waals surface area contributed by atoms with Crippen LogP contribution in [0.3, 0.4) is 0 Å². The summed E-state index contributed by atoms with van der Waals surface area (Å²) in [6.45, 7) is 2.95. The van der Waals surface area contributed by atoms with Gasteiger partial charge in [-0.1, -0.05) is 18.0 Å². The Morgan fingerprint density at radius 2 is 2.00 bits per heavy atom. The quantitative estimate of drug-likeness (QED) is 0.840. The van der Waals surface area contributed by atoms with E-state index in [1.807, 2.05) is 0 Å². The average Bonchev–Trinajstić information content (AvgIpc) is 2.49. The van der Waals surface area contributed by atoms with E-state index in [-0.39, 0.29) is 10.6 Å². The van der Waals surface area contributed by atoms with Crippen LogP contribution in [-0.4, -0.2) is 49.8 Å². The third-order valence-electron chi connectivity index (χ3n) is 4.39. The molecule has 0 saturated carbocycles. The van der Waals surface area contributed by atoms with E-state index < -0.39 is 10.0 Å². The number of hydrogen-bond acceptors (Lipinski definition) is 4. The monoisotopic (exact) mass is 329 g/mol. The van der Waals surface area contributed by atoms with Gasteiger partial charge in [0, 0.05) is 30.7 Å². The first kappa shape index (κ1) is 15.1. The number of nitrogens with two attached hydrogens (primary N) is 1. The number of rotatable bonds is 2. The van der Waals surface area contributed by atoms with Crippen LogP contribution in [0.25, 0.3) is 0 Å². The van der Waals surface area contributed by atoms with Crippen molar-refractivity contribution in [2.24, 2.45) is 0 Å². The zero-order valence-corrected chi connectivity index (χ0v) is 13.4. The first-order valence-corrected chi connectivity index (χ1v) is 9.09. The van der Waals surface area contributed by atoms with E-state index in [4.69, 9.17) is 17.3 Å². The Morgan fingerprint density at radius 1 is 1.19 bits per heavy atom. The molecule has 2 aliphatic rings. The number of nitrogens with zero attached hydrogens (tertiary/aromatic N) is 2. The normalized spacial score (nSPS) is 24.7. The third-order valence-corrected chi connectivity index (χ3v) is 6.55. The van der Waals surface area contributed by atoms with Crippen molar-refractivity contribution in [3.05, 3.63) is 23.2 Å². The zero-order chi connectivity index (χ0) is 15.0. The van der Waals surface area contributed by atoms with E-state index in [2.05, 4.69) is 4.90 Å². The number of piperidine rings is 1. The molecule has 0 aliphatic carbocycles. The largest absolute Gasteiger partial charge is 0.398 e. The molecule has 1 aromatic rings. The van der Waals surface area contributed by atoms with Crippen molar-refractivity contribution in [2.45, 2.75) is 30.2 Å². The van der Waals surface area contributed by atoms with Crippen molar-refractivity contribution < 1.29 is 8.42 Å². The molecular weight excluding hydrogens is 310 g/mol. The highest BCUT2D eigenvalue weighted by atomic mass is 35.5. The van der Waals surface area contributed by atoms with Crippen LogP contribution < -0.4 is 5.73 Å². The highest BCUT2D eigenvalue weighted by molar-refractivity contribution is 7.89. The number of halogens is 1. The maximum Gasteiger partial charge on any atom is 0.245 e. The molecule has 2 heterocycles. The second-order valence-electron chi connectivity index (χ2n) is 5.73. The van der Waals surface area contributed by atoms with Crippen molar-refractivity contribution >= 4 is 27.3 Å². The summed E-state index contributed by atoms with van der Waals surface area (Å²) in [6.07, 6.45) is 3.45. The summed E-state index contributed by atoms with van der Waals surface area (Å²) in [5.74, 6) is 0. The number of nitrogen functional groups attached to an aromatic ring is 1. The molecule has 5 nitrogen and oxygen atoms in total. The summed E-state index contributed by atoms with van der Waals surface area (Å²) in [7, 11) is -3.57. The molecule has 1 aromatic carbocycles. The minimum Gasteiger partial charge on any atom is -0.398 e. The number of benzene rings is 1. The molecule has 0 aromatic heterocycles. The lowest BCUT2D eigenvalue weighted by Gasteiger charge is -2.43. The second-order valence-corrected chi connectivity index (χ2v) is 8.07.